The minimum Gasteiger partial charge on any atom is -0.467 e. The average Bonchev–Trinajstić information content (AvgIpc) is 2.89. The summed E-state index contributed by atoms with van der Waals surface area (Å²) in [7, 11) is 1.22. The molecule has 0 radical (unpaired) electrons. The molecule has 1 amide bonds. The van der Waals surface area contributed by atoms with Crippen molar-refractivity contribution < 1.29 is 19.4 Å². The van der Waals surface area contributed by atoms with Gasteiger partial charge in [0.2, 0.25) is 0 Å². The molecule has 86 valence electrons. The van der Waals surface area contributed by atoms with Crippen molar-refractivity contribution in [2.75, 3.05) is 13.7 Å². The number of hydrogen-bond acceptors (Lipinski definition) is 5. The Balaban J connectivity index is 2.31. The highest BCUT2D eigenvalue weighted by atomic mass is 32.2. The molecule has 0 saturated heterocycles. The summed E-state index contributed by atoms with van der Waals surface area (Å²) >= 11 is 1.18. The standard InChI is InChI=1S/C9H15NO4S/c1-5-3-7(5)15-9(13)10-6(4-11)8(12)14-2/h5-7,11H,3-4H2,1-2H3,(H,10,13)/t5?,6?,7-/m0/s1. The van der Waals surface area contributed by atoms with Gasteiger partial charge in [-0.05, 0) is 12.3 Å². The summed E-state index contributed by atoms with van der Waals surface area (Å²) in [5.74, 6) is -0.0678. The molecular weight excluding hydrogens is 218 g/mol. The van der Waals surface area contributed by atoms with Gasteiger partial charge in [-0.15, -0.1) is 0 Å². The Labute approximate surface area is 92.6 Å². The van der Waals surface area contributed by atoms with Gasteiger partial charge in [-0.25, -0.2) is 4.79 Å². The van der Waals surface area contributed by atoms with Crippen molar-refractivity contribution in [2.45, 2.75) is 24.6 Å². The lowest BCUT2D eigenvalue weighted by atomic mass is 10.3. The van der Waals surface area contributed by atoms with Gasteiger partial charge in [0.25, 0.3) is 5.24 Å². The molecule has 1 rings (SSSR count). The first-order chi connectivity index (χ1) is 7.08. The zero-order chi connectivity index (χ0) is 11.4. The van der Waals surface area contributed by atoms with E-state index < -0.39 is 18.6 Å². The summed E-state index contributed by atoms with van der Waals surface area (Å²) in [6.45, 7) is 1.62. The van der Waals surface area contributed by atoms with E-state index in [1.165, 1.54) is 18.9 Å². The minimum absolute atomic E-state index is 0.284. The molecule has 15 heavy (non-hydrogen) atoms. The quantitative estimate of drug-likeness (QED) is 0.686. The van der Waals surface area contributed by atoms with Crippen LogP contribution in [0.3, 0.4) is 0 Å². The molecule has 0 spiro atoms. The van der Waals surface area contributed by atoms with E-state index in [4.69, 9.17) is 5.11 Å². The van der Waals surface area contributed by atoms with Crippen molar-refractivity contribution in [3.8, 4) is 0 Å². The van der Waals surface area contributed by atoms with Gasteiger partial charge in [-0.3, -0.25) is 4.79 Å². The molecule has 5 nitrogen and oxygen atoms in total. The largest absolute Gasteiger partial charge is 0.467 e. The van der Waals surface area contributed by atoms with Crippen LogP contribution >= 0.6 is 11.8 Å². The van der Waals surface area contributed by atoms with Crippen molar-refractivity contribution in [2.24, 2.45) is 5.92 Å². The fourth-order valence-electron chi connectivity index (χ4n) is 1.09. The molecule has 1 aliphatic rings. The Kier molecular flexibility index (Phi) is 4.41. The number of carbonyl (C=O) groups is 2. The zero-order valence-corrected chi connectivity index (χ0v) is 9.54. The van der Waals surface area contributed by atoms with Crippen LogP contribution < -0.4 is 5.32 Å². The predicted molar refractivity (Wildman–Crippen MR) is 56.6 cm³/mol. The number of thioether (sulfide) groups is 1. The molecule has 0 bridgehead atoms. The SMILES string of the molecule is COC(=O)C(CO)NC(=O)S[C@H]1CC1C. The third kappa shape index (κ3) is 3.71. The van der Waals surface area contributed by atoms with Gasteiger partial charge in [-0.1, -0.05) is 18.7 Å². The van der Waals surface area contributed by atoms with Gasteiger partial charge < -0.3 is 15.2 Å². The monoisotopic (exact) mass is 233 g/mol. The van der Waals surface area contributed by atoms with Crippen molar-refractivity contribution in [3.63, 3.8) is 0 Å². The van der Waals surface area contributed by atoms with E-state index in [0.29, 0.717) is 11.2 Å². The maximum absolute atomic E-state index is 11.4. The van der Waals surface area contributed by atoms with Gasteiger partial charge in [-0.2, -0.15) is 0 Å². The molecule has 0 aromatic heterocycles. The van der Waals surface area contributed by atoms with Crippen LogP contribution in [0, 0.1) is 5.92 Å². The summed E-state index contributed by atoms with van der Waals surface area (Å²) in [5.41, 5.74) is 0. The smallest absolute Gasteiger partial charge is 0.330 e. The molecule has 2 N–H and O–H groups in total. The van der Waals surface area contributed by atoms with Gasteiger partial charge in [0.1, 0.15) is 0 Å². The lowest BCUT2D eigenvalue weighted by molar-refractivity contribution is -0.143. The Morgan fingerprint density at radius 2 is 2.27 bits per heavy atom. The van der Waals surface area contributed by atoms with Crippen LogP contribution in [0.15, 0.2) is 0 Å². The van der Waals surface area contributed by atoms with E-state index in [0.717, 1.165) is 6.42 Å². The lowest BCUT2D eigenvalue weighted by Gasteiger charge is -2.12. The number of amides is 1. The Hall–Kier alpha value is -0.750. The predicted octanol–water partition coefficient (Wildman–Crippen LogP) is 0.371. The van der Waals surface area contributed by atoms with Crippen LogP contribution in [-0.2, 0) is 9.53 Å². The molecule has 0 aromatic carbocycles. The first-order valence-electron chi connectivity index (χ1n) is 4.74. The van der Waals surface area contributed by atoms with Crippen LogP contribution in [0.25, 0.3) is 0 Å². The molecule has 1 fully saturated rings. The maximum Gasteiger partial charge on any atom is 0.330 e. The molecule has 0 heterocycles. The summed E-state index contributed by atoms with van der Waals surface area (Å²) in [6, 6.07) is -0.955. The molecule has 0 aromatic rings. The molecule has 3 atom stereocenters. The van der Waals surface area contributed by atoms with Gasteiger partial charge in [0.15, 0.2) is 6.04 Å². The first-order valence-corrected chi connectivity index (χ1v) is 5.62. The number of aliphatic hydroxyl groups is 1. The normalized spacial score (nSPS) is 25.5. The molecule has 2 unspecified atom stereocenters. The third-order valence-electron chi connectivity index (χ3n) is 2.25. The maximum atomic E-state index is 11.4. The van der Waals surface area contributed by atoms with E-state index in [1.54, 1.807) is 0 Å². The fraction of sp³-hybridized carbons (Fsp3) is 0.778. The highest BCUT2D eigenvalue weighted by Crippen LogP contribution is 2.41. The Morgan fingerprint density at radius 3 is 2.67 bits per heavy atom. The number of nitrogens with one attached hydrogen (secondary N) is 1. The van der Waals surface area contributed by atoms with Crippen molar-refractivity contribution >= 4 is 23.0 Å². The van der Waals surface area contributed by atoms with Gasteiger partial charge in [0, 0.05) is 5.25 Å². The topological polar surface area (TPSA) is 75.6 Å². The minimum atomic E-state index is -0.955. The number of aliphatic hydroxyl groups excluding tert-OH is 1. The molecule has 6 heteroatoms. The van der Waals surface area contributed by atoms with Crippen LogP contribution in [-0.4, -0.2) is 41.3 Å². The van der Waals surface area contributed by atoms with Crippen molar-refractivity contribution in [1.82, 2.24) is 5.32 Å². The molecule has 0 aliphatic heterocycles. The summed E-state index contributed by atoms with van der Waals surface area (Å²) in [5, 5.41) is 11.3. The number of methoxy groups -OCH3 is 1. The Bertz CT molecular complexity index is 258. The highest BCUT2D eigenvalue weighted by molar-refractivity contribution is 8.14. The van der Waals surface area contributed by atoms with Crippen molar-refractivity contribution in [1.29, 1.82) is 0 Å². The second-order valence-corrected chi connectivity index (χ2v) is 4.77. The number of esters is 1. The number of rotatable bonds is 4. The van der Waals surface area contributed by atoms with Crippen LogP contribution in [0.1, 0.15) is 13.3 Å². The Morgan fingerprint density at radius 1 is 1.67 bits per heavy atom. The molecule has 1 aliphatic carbocycles. The first kappa shape index (κ1) is 12.3. The second kappa shape index (κ2) is 5.37. The van der Waals surface area contributed by atoms with E-state index in [9.17, 15) is 9.59 Å². The number of hydrogen-bond donors (Lipinski definition) is 2. The third-order valence-corrected chi connectivity index (χ3v) is 3.55. The lowest BCUT2D eigenvalue weighted by Crippen LogP contribution is -2.42. The van der Waals surface area contributed by atoms with E-state index >= 15 is 0 Å². The second-order valence-electron chi connectivity index (χ2n) is 3.56. The summed E-state index contributed by atoms with van der Waals surface area (Å²) in [4.78, 5) is 22.4. The van der Waals surface area contributed by atoms with Crippen LogP contribution in [0.4, 0.5) is 4.79 Å². The summed E-state index contributed by atoms with van der Waals surface area (Å²) in [6.07, 6.45) is 1.03. The van der Waals surface area contributed by atoms with Gasteiger partial charge >= 0.3 is 5.97 Å². The van der Waals surface area contributed by atoms with E-state index in [2.05, 4.69) is 17.0 Å². The molecular formula is C9H15NO4S. The van der Waals surface area contributed by atoms with Crippen molar-refractivity contribution in [3.05, 3.63) is 0 Å². The summed E-state index contributed by atoms with van der Waals surface area (Å²) < 4.78 is 4.42. The zero-order valence-electron chi connectivity index (χ0n) is 8.73. The fourth-order valence-corrected chi connectivity index (χ4v) is 2.20. The van der Waals surface area contributed by atoms with E-state index in [1.807, 2.05) is 0 Å². The average molecular weight is 233 g/mol. The molecule has 1 saturated carbocycles. The van der Waals surface area contributed by atoms with Crippen LogP contribution in [0.5, 0.6) is 0 Å². The number of carbonyl (C=O) groups excluding carboxylic acids is 2. The number of ether oxygens (including phenoxy) is 1. The van der Waals surface area contributed by atoms with E-state index in [-0.39, 0.29) is 5.24 Å². The van der Waals surface area contributed by atoms with Crippen LogP contribution in [0.2, 0.25) is 0 Å². The van der Waals surface area contributed by atoms with Gasteiger partial charge in [0.05, 0.1) is 13.7 Å². The highest BCUT2D eigenvalue weighted by Gasteiger charge is 2.36.